The second-order valence-corrected chi connectivity index (χ2v) is 4.67. The maximum Gasteiger partial charge on any atom is 0.161 e. The summed E-state index contributed by atoms with van der Waals surface area (Å²) in [6.07, 6.45) is 3.20. The maximum atomic E-state index is 11.5. The van der Waals surface area contributed by atoms with Crippen LogP contribution in [0.15, 0.2) is 35.1 Å². The average molecular weight is 300 g/mol. The molecule has 0 saturated carbocycles. The number of hydrogen-bond acceptors (Lipinski definition) is 2. The predicted octanol–water partition coefficient (Wildman–Crippen LogP) is 3.49. The number of nitrogens with zero attached hydrogens (tertiary/aromatic N) is 2. The molecule has 0 amide bonds. The number of hydrogen-bond donors (Lipinski definition) is 0. The molecular formula is C11H8BrClN2O. The molecule has 0 fully saturated rings. The molecule has 0 radical (unpaired) electrons. The lowest BCUT2D eigenvalue weighted by atomic mass is 10.1. The number of rotatable bonds is 2. The van der Waals surface area contributed by atoms with E-state index < -0.39 is 0 Å². The molecule has 0 aliphatic heterocycles. The molecule has 0 atom stereocenters. The monoisotopic (exact) mass is 298 g/mol. The summed E-state index contributed by atoms with van der Waals surface area (Å²) in [5.41, 5.74) is 1.33. The van der Waals surface area contributed by atoms with Gasteiger partial charge in [-0.2, -0.15) is 5.10 Å². The molecule has 2 aromatic rings. The van der Waals surface area contributed by atoms with E-state index in [-0.39, 0.29) is 5.78 Å². The number of carbonyl (C=O) groups is 1. The van der Waals surface area contributed by atoms with Gasteiger partial charge in [-0.25, -0.2) is 4.68 Å². The van der Waals surface area contributed by atoms with E-state index in [4.69, 9.17) is 11.6 Å². The van der Waals surface area contributed by atoms with E-state index in [1.54, 1.807) is 16.9 Å². The zero-order valence-electron chi connectivity index (χ0n) is 8.45. The molecule has 16 heavy (non-hydrogen) atoms. The van der Waals surface area contributed by atoms with Crippen LogP contribution in [0, 0.1) is 0 Å². The van der Waals surface area contributed by atoms with Gasteiger partial charge < -0.3 is 0 Å². The molecule has 3 nitrogen and oxygen atoms in total. The number of halogens is 2. The summed E-state index contributed by atoms with van der Waals surface area (Å²) in [6, 6.07) is 5.42. The largest absolute Gasteiger partial charge is 0.294 e. The van der Waals surface area contributed by atoms with Crippen LogP contribution in [0.2, 0.25) is 5.02 Å². The van der Waals surface area contributed by atoms with Crippen molar-refractivity contribution in [2.45, 2.75) is 6.92 Å². The highest BCUT2D eigenvalue weighted by atomic mass is 79.9. The molecule has 0 N–H and O–H groups in total. The molecule has 1 aromatic carbocycles. The Morgan fingerprint density at radius 2 is 2.25 bits per heavy atom. The lowest BCUT2D eigenvalue weighted by Gasteiger charge is -2.07. The van der Waals surface area contributed by atoms with Crippen molar-refractivity contribution in [3.63, 3.8) is 0 Å². The molecule has 0 aliphatic rings. The lowest BCUT2D eigenvalue weighted by Crippen LogP contribution is -2.03. The minimum Gasteiger partial charge on any atom is -0.294 e. The summed E-state index contributed by atoms with van der Waals surface area (Å²) in [6.45, 7) is 1.53. The summed E-state index contributed by atoms with van der Waals surface area (Å²) in [5.74, 6) is -0.00544. The SMILES string of the molecule is CC(=O)c1ccc(Br)cc1-n1cc(Cl)cn1. The van der Waals surface area contributed by atoms with E-state index in [1.165, 1.54) is 13.1 Å². The Balaban J connectivity index is 2.62. The number of carbonyl (C=O) groups excluding carboxylic acids is 1. The highest BCUT2D eigenvalue weighted by molar-refractivity contribution is 9.10. The van der Waals surface area contributed by atoms with Crippen molar-refractivity contribution >= 4 is 33.3 Å². The molecule has 1 aromatic heterocycles. The quantitative estimate of drug-likeness (QED) is 0.796. The van der Waals surface area contributed by atoms with Crippen molar-refractivity contribution < 1.29 is 4.79 Å². The van der Waals surface area contributed by atoms with Crippen molar-refractivity contribution in [2.75, 3.05) is 0 Å². The van der Waals surface area contributed by atoms with Gasteiger partial charge in [0.25, 0.3) is 0 Å². The van der Waals surface area contributed by atoms with Gasteiger partial charge in [0.05, 0.1) is 16.9 Å². The van der Waals surface area contributed by atoms with Crippen molar-refractivity contribution in [2.24, 2.45) is 0 Å². The van der Waals surface area contributed by atoms with Gasteiger partial charge in [0, 0.05) is 16.2 Å². The van der Waals surface area contributed by atoms with Gasteiger partial charge in [0.2, 0.25) is 0 Å². The highest BCUT2D eigenvalue weighted by Crippen LogP contribution is 2.21. The first-order valence-corrected chi connectivity index (χ1v) is 5.76. The van der Waals surface area contributed by atoms with Gasteiger partial charge >= 0.3 is 0 Å². The first kappa shape index (κ1) is 11.4. The molecule has 5 heteroatoms. The predicted molar refractivity (Wildman–Crippen MR) is 66.3 cm³/mol. The zero-order chi connectivity index (χ0) is 11.7. The molecule has 2 rings (SSSR count). The highest BCUT2D eigenvalue weighted by Gasteiger charge is 2.10. The van der Waals surface area contributed by atoms with E-state index in [0.717, 1.165) is 4.47 Å². The Kier molecular flexibility index (Phi) is 3.12. The first-order valence-electron chi connectivity index (χ1n) is 4.59. The Bertz CT molecular complexity index is 551. The van der Waals surface area contributed by atoms with Crippen molar-refractivity contribution in [3.05, 3.63) is 45.7 Å². The summed E-state index contributed by atoms with van der Waals surface area (Å²) in [7, 11) is 0. The second kappa shape index (κ2) is 4.39. The van der Waals surface area contributed by atoms with Gasteiger partial charge in [-0.15, -0.1) is 0 Å². The van der Waals surface area contributed by atoms with Crippen molar-refractivity contribution in [1.82, 2.24) is 9.78 Å². The minimum absolute atomic E-state index is 0.00544. The standard InChI is InChI=1S/C11H8BrClN2O/c1-7(16)10-3-2-8(12)4-11(10)15-6-9(13)5-14-15/h2-6H,1H3. The van der Waals surface area contributed by atoms with Gasteiger partial charge in [-0.3, -0.25) is 4.79 Å². The zero-order valence-corrected chi connectivity index (χ0v) is 10.8. The molecule has 0 aliphatic carbocycles. The fourth-order valence-corrected chi connectivity index (χ4v) is 1.91. The van der Waals surface area contributed by atoms with Gasteiger partial charge in [-0.1, -0.05) is 27.5 Å². The first-order chi connectivity index (χ1) is 7.58. The Morgan fingerprint density at radius 1 is 1.50 bits per heavy atom. The minimum atomic E-state index is -0.00544. The van der Waals surface area contributed by atoms with Crippen LogP contribution in [0.25, 0.3) is 5.69 Å². The average Bonchev–Trinajstić information content (AvgIpc) is 2.64. The number of aromatic nitrogens is 2. The van der Waals surface area contributed by atoms with Crippen LogP contribution in [0.1, 0.15) is 17.3 Å². The lowest BCUT2D eigenvalue weighted by molar-refractivity contribution is 0.101. The third-order valence-corrected chi connectivity index (χ3v) is 2.83. The summed E-state index contributed by atoms with van der Waals surface area (Å²) < 4.78 is 2.48. The van der Waals surface area contributed by atoms with Crippen molar-refractivity contribution in [1.29, 1.82) is 0 Å². The van der Waals surface area contributed by atoms with E-state index >= 15 is 0 Å². The molecule has 0 saturated heterocycles. The fraction of sp³-hybridized carbons (Fsp3) is 0.0909. The van der Waals surface area contributed by atoms with E-state index in [0.29, 0.717) is 16.3 Å². The van der Waals surface area contributed by atoms with Crippen molar-refractivity contribution in [3.8, 4) is 5.69 Å². The van der Waals surface area contributed by atoms with E-state index in [2.05, 4.69) is 21.0 Å². The molecule has 0 unspecified atom stereocenters. The number of ketones is 1. The van der Waals surface area contributed by atoms with Crippen LogP contribution in [-0.2, 0) is 0 Å². The third-order valence-electron chi connectivity index (χ3n) is 2.14. The fourth-order valence-electron chi connectivity index (χ4n) is 1.42. The number of Topliss-reactive ketones (excluding diaryl/α,β-unsaturated/α-hetero) is 1. The van der Waals surface area contributed by atoms with Crippen LogP contribution in [-0.4, -0.2) is 15.6 Å². The summed E-state index contributed by atoms with van der Waals surface area (Å²) >= 11 is 9.17. The van der Waals surface area contributed by atoms with Crippen LogP contribution in [0.3, 0.4) is 0 Å². The normalized spacial score (nSPS) is 10.4. The second-order valence-electron chi connectivity index (χ2n) is 3.32. The van der Waals surface area contributed by atoms with Gasteiger partial charge in [0.15, 0.2) is 5.78 Å². The third kappa shape index (κ3) is 2.18. The number of benzene rings is 1. The smallest absolute Gasteiger partial charge is 0.161 e. The Morgan fingerprint density at radius 3 is 2.81 bits per heavy atom. The van der Waals surface area contributed by atoms with Crippen LogP contribution in [0.5, 0.6) is 0 Å². The molecule has 0 spiro atoms. The Labute approximate surface area is 106 Å². The topological polar surface area (TPSA) is 34.9 Å². The molecular weight excluding hydrogens is 291 g/mol. The molecule has 1 heterocycles. The Hall–Kier alpha value is -1.13. The summed E-state index contributed by atoms with van der Waals surface area (Å²) in [4.78, 5) is 11.5. The maximum absolute atomic E-state index is 11.5. The van der Waals surface area contributed by atoms with Crippen LogP contribution >= 0.6 is 27.5 Å². The van der Waals surface area contributed by atoms with Gasteiger partial charge in [-0.05, 0) is 25.1 Å². The molecule has 82 valence electrons. The van der Waals surface area contributed by atoms with E-state index in [1.807, 2.05) is 12.1 Å². The molecule has 0 bridgehead atoms. The summed E-state index contributed by atoms with van der Waals surface area (Å²) in [5, 5.41) is 4.62. The van der Waals surface area contributed by atoms with Crippen LogP contribution in [0.4, 0.5) is 0 Å². The van der Waals surface area contributed by atoms with Gasteiger partial charge in [0.1, 0.15) is 0 Å². The van der Waals surface area contributed by atoms with Crippen LogP contribution < -0.4 is 0 Å². The van der Waals surface area contributed by atoms with E-state index in [9.17, 15) is 4.79 Å².